The summed E-state index contributed by atoms with van der Waals surface area (Å²) in [5, 5.41) is 4.98. The summed E-state index contributed by atoms with van der Waals surface area (Å²) in [7, 11) is 0. The molecular formula is C15H12ClIN4. The van der Waals surface area contributed by atoms with Crippen molar-refractivity contribution in [3.8, 4) is 0 Å². The van der Waals surface area contributed by atoms with Crippen molar-refractivity contribution in [2.75, 3.05) is 5.43 Å². The second kappa shape index (κ2) is 6.03. The number of aromatic nitrogens is 2. The molecular weight excluding hydrogens is 399 g/mol. The Morgan fingerprint density at radius 3 is 2.76 bits per heavy atom. The average molecular weight is 411 g/mol. The van der Waals surface area contributed by atoms with Gasteiger partial charge in [0.05, 0.1) is 23.3 Å². The number of fused-ring (bicyclic) bond motifs is 1. The van der Waals surface area contributed by atoms with Gasteiger partial charge in [-0.1, -0.05) is 11.6 Å². The predicted octanol–water partition coefficient (Wildman–Crippen LogP) is 4.35. The van der Waals surface area contributed by atoms with Crippen molar-refractivity contribution in [1.82, 2.24) is 9.38 Å². The van der Waals surface area contributed by atoms with Crippen molar-refractivity contribution < 1.29 is 0 Å². The van der Waals surface area contributed by atoms with Gasteiger partial charge in [0.15, 0.2) is 0 Å². The molecule has 0 fully saturated rings. The Balaban J connectivity index is 1.87. The first kappa shape index (κ1) is 14.3. The first-order valence-electron chi connectivity index (χ1n) is 6.32. The Bertz CT molecular complexity index is 808. The van der Waals surface area contributed by atoms with Crippen molar-refractivity contribution >= 4 is 51.7 Å². The number of anilines is 1. The molecule has 3 rings (SSSR count). The molecule has 21 heavy (non-hydrogen) atoms. The Morgan fingerprint density at radius 1 is 1.24 bits per heavy atom. The third-order valence-corrected chi connectivity index (χ3v) is 3.92. The highest BCUT2D eigenvalue weighted by atomic mass is 127. The quantitative estimate of drug-likeness (QED) is 0.396. The van der Waals surface area contributed by atoms with E-state index in [2.05, 4.69) is 38.1 Å². The number of halogens is 2. The van der Waals surface area contributed by atoms with E-state index in [0.717, 1.165) is 26.3 Å². The standard InChI is InChI=1S/C15H12ClIN4/c1-10-14(21-9-12(17)4-7-15(21)19-10)8-18-20-13-5-2-11(16)3-6-13/h2-9,20H,1H3/b18-8-. The highest BCUT2D eigenvalue weighted by Crippen LogP contribution is 2.15. The fourth-order valence-corrected chi connectivity index (χ4v) is 2.59. The molecule has 4 nitrogen and oxygen atoms in total. The van der Waals surface area contributed by atoms with E-state index in [-0.39, 0.29) is 0 Å². The summed E-state index contributed by atoms with van der Waals surface area (Å²) in [4.78, 5) is 4.51. The summed E-state index contributed by atoms with van der Waals surface area (Å²) >= 11 is 8.13. The van der Waals surface area contributed by atoms with E-state index in [9.17, 15) is 0 Å². The highest BCUT2D eigenvalue weighted by molar-refractivity contribution is 14.1. The largest absolute Gasteiger partial charge is 0.297 e. The number of nitrogens with one attached hydrogen (secondary N) is 1. The van der Waals surface area contributed by atoms with Gasteiger partial charge in [0.2, 0.25) is 0 Å². The van der Waals surface area contributed by atoms with Gasteiger partial charge in [-0.15, -0.1) is 0 Å². The molecule has 0 radical (unpaired) electrons. The first-order valence-corrected chi connectivity index (χ1v) is 7.78. The van der Waals surface area contributed by atoms with Gasteiger partial charge in [-0.05, 0) is 65.9 Å². The molecule has 0 atom stereocenters. The van der Waals surface area contributed by atoms with Crippen LogP contribution >= 0.6 is 34.2 Å². The normalized spacial score (nSPS) is 11.4. The maximum atomic E-state index is 5.85. The summed E-state index contributed by atoms with van der Waals surface area (Å²) in [6, 6.07) is 11.4. The second-order valence-electron chi connectivity index (χ2n) is 4.53. The molecule has 0 bridgehead atoms. The molecule has 0 spiro atoms. The summed E-state index contributed by atoms with van der Waals surface area (Å²) < 4.78 is 3.18. The molecule has 3 aromatic rings. The lowest BCUT2D eigenvalue weighted by atomic mass is 10.3. The number of benzene rings is 1. The van der Waals surface area contributed by atoms with Gasteiger partial charge in [-0.2, -0.15) is 5.10 Å². The van der Waals surface area contributed by atoms with Crippen LogP contribution in [0.15, 0.2) is 47.7 Å². The third kappa shape index (κ3) is 3.19. The Kier molecular flexibility index (Phi) is 4.12. The van der Waals surface area contributed by atoms with E-state index in [1.54, 1.807) is 6.21 Å². The lowest BCUT2D eigenvalue weighted by Gasteiger charge is -2.01. The number of nitrogens with zero attached hydrogens (tertiary/aromatic N) is 3. The second-order valence-corrected chi connectivity index (χ2v) is 6.22. The predicted molar refractivity (Wildman–Crippen MR) is 95.3 cm³/mol. The van der Waals surface area contributed by atoms with Crippen LogP contribution in [0.4, 0.5) is 5.69 Å². The van der Waals surface area contributed by atoms with E-state index >= 15 is 0 Å². The van der Waals surface area contributed by atoms with Gasteiger partial charge in [0, 0.05) is 14.8 Å². The molecule has 2 heterocycles. The zero-order valence-corrected chi connectivity index (χ0v) is 14.1. The fraction of sp³-hybridized carbons (Fsp3) is 0.0667. The van der Waals surface area contributed by atoms with Gasteiger partial charge in [-0.3, -0.25) is 9.83 Å². The summed E-state index contributed by atoms with van der Waals surface area (Å²) in [6.45, 7) is 1.98. The lowest BCUT2D eigenvalue weighted by molar-refractivity contribution is 1.15. The highest BCUT2D eigenvalue weighted by Gasteiger charge is 2.06. The topological polar surface area (TPSA) is 41.7 Å². The maximum absolute atomic E-state index is 5.85. The van der Waals surface area contributed by atoms with Crippen molar-refractivity contribution in [1.29, 1.82) is 0 Å². The van der Waals surface area contributed by atoms with Crippen LogP contribution in [-0.4, -0.2) is 15.6 Å². The van der Waals surface area contributed by atoms with E-state index in [4.69, 9.17) is 11.6 Å². The fourth-order valence-electron chi connectivity index (χ4n) is 2.00. The zero-order valence-electron chi connectivity index (χ0n) is 11.2. The minimum atomic E-state index is 0.705. The molecule has 1 N–H and O–H groups in total. The van der Waals surface area contributed by atoms with Crippen molar-refractivity contribution in [3.05, 3.63) is 62.6 Å². The van der Waals surface area contributed by atoms with Crippen molar-refractivity contribution in [3.63, 3.8) is 0 Å². The van der Waals surface area contributed by atoms with Crippen LogP contribution in [0.1, 0.15) is 11.4 Å². The molecule has 0 unspecified atom stereocenters. The third-order valence-electron chi connectivity index (χ3n) is 3.03. The van der Waals surface area contributed by atoms with E-state index in [0.29, 0.717) is 5.02 Å². The molecule has 0 aliphatic rings. The van der Waals surface area contributed by atoms with Gasteiger partial charge in [0.1, 0.15) is 5.65 Å². The minimum Gasteiger partial charge on any atom is -0.297 e. The van der Waals surface area contributed by atoms with Crippen LogP contribution in [0.3, 0.4) is 0 Å². The minimum absolute atomic E-state index is 0.705. The number of hydrogen-bond acceptors (Lipinski definition) is 3. The molecule has 106 valence electrons. The van der Waals surface area contributed by atoms with Gasteiger partial charge in [-0.25, -0.2) is 4.98 Å². The summed E-state index contributed by atoms with van der Waals surface area (Å²) in [5.74, 6) is 0. The monoisotopic (exact) mass is 410 g/mol. The van der Waals surface area contributed by atoms with Crippen LogP contribution in [0.25, 0.3) is 5.65 Å². The summed E-state index contributed by atoms with van der Waals surface area (Å²) in [5.41, 5.74) is 6.69. The van der Waals surface area contributed by atoms with Crippen LogP contribution in [0, 0.1) is 10.5 Å². The lowest BCUT2D eigenvalue weighted by Crippen LogP contribution is -1.96. The number of hydrogen-bond donors (Lipinski definition) is 1. The van der Waals surface area contributed by atoms with Crippen LogP contribution in [0.2, 0.25) is 5.02 Å². The smallest absolute Gasteiger partial charge is 0.137 e. The molecule has 1 aromatic carbocycles. The number of hydrazone groups is 1. The molecule has 0 amide bonds. The van der Waals surface area contributed by atoms with Crippen LogP contribution in [0.5, 0.6) is 0 Å². The zero-order chi connectivity index (χ0) is 14.8. The van der Waals surface area contributed by atoms with Gasteiger partial charge >= 0.3 is 0 Å². The van der Waals surface area contributed by atoms with Gasteiger partial charge in [0.25, 0.3) is 0 Å². The SMILES string of the molecule is Cc1nc2ccc(I)cn2c1/C=N\Nc1ccc(Cl)cc1. The average Bonchev–Trinajstić information content (AvgIpc) is 2.77. The van der Waals surface area contributed by atoms with Crippen molar-refractivity contribution in [2.45, 2.75) is 6.92 Å². The number of aryl methyl sites for hydroxylation is 1. The summed E-state index contributed by atoms with van der Waals surface area (Å²) in [6.07, 6.45) is 3.82. The van der Waals surface area contributed by atoms with E-state index < -0.39 is 0 Å². The Labute approximate surface area is 141 Å². The number of imidazole rings is 1. The molecule has 0 saturated carbocycles. The Morgan fingerprint density at radius 2 is 2.00 bits per heavy atom. The molecule has 0 aliphatic heterocycles. The van der Waals surface area contributed by atoms with Crippen molar-refractivity contribution in [2.24, 2.45) is 5.10 Å². The molecule has 0 saturated heterocycles. The van der Waals surface area contributed by atoms with Gasteiger partial charge < -0.3 is 0 Å². The number of pyridine rings is 1. The van der Waals surface area contributed by atoms with E-state index in [1.807, 2.05) is 53.9 Å². The van der Waals surface area contributed by atoms with Crippen LogP contribution in [-0.2, 0) is 0 Å². The molecule has 0 aliphatic carbocycles. The Hall–Kier alpha value is -1.60. The molecule has 2 aromatic heterocycles. The maximum Gasteiger partial charge on any atom is 0.137 e. The molecule has 6 heteroatoms. The number of rotatable bonds is 3. The van der Waals surface area contributed by atoms with E-state index in [1.165, 1.54) is 0 Å². The van der Waals surface area contributed by atoms with Crippen LogP contribution < -0.4 is 5.43 Å². The first-order chi connectivity index (χ1) is 10.1.